The van der Waals surface area contributed by atoms with Gasteiger partial charge in [-0.2, -0.15) is 0 Å². The van der Waals surface area contributed by atoms with Crippen molar-refractivity contribution in [3.63, 3.8) is 0 Å². The van der Waals surface area contributed by atoms with Crippen LogP contribution < -0.4 is 0 Å². The average molecular weight is 267 g/mol. The second kappa shape index (κ2) is 4.72. The molecule has 0 aromatic carbocycles. The molecule has 1 saturated carbocycles. The first-order valence-electron chi connectivity index (χ1n) is 6.00. The zero-order valence-electron chi connectivity index (χ0n) is 10.5. The quantitative estimate of drug-likeness (QED) is 0.833. The van der Waals surface area contributed by atoms with Crippen molar-refractivity contribution in [1.29, 1.82) is 0 Å². The first-order valence-corrected chi connectivity index (χ1v) is 6.87. The molecule has 0 unspecified atom stereocenters. The lowest BCUT2D eigenvalue weighted by molar-refractivity contribution is -0.158. The molecule has 0 bridgehead atoms. The predicted octanol–water partition coefficient (Wildman–Crippen LogP) is 2.35. The molecular weight excluding hydrogens is 250 g/mol. The van der Waals surface area contributed by atoms with E-state index in [0.29, 0.717) is 6.54 Å². The van der Waals surface area contributed by atoms with Crippen molar-refractivity contribution in [2.24, 2.45) is 5.41 Å². The number of carbonyl (C=O) groups is 2. The number of carbonyl (C=O) groups excluding carboxylic acids is 1. The fourth-order valence-corrected chi connectivity index (χ4v) is 2.48. The standard InChI is InChI=1S/C13H17NO3S/c1-13(2,12(16)17)11(15)14(9-5-6-9)8-10-4-3-7-18-10/h3-4,7,9H,5-6,8H2,1-2H3,(H,16,17). The fourth-order valence-electron chi connectivity index (χ4n) is 1.77. The third-order valence-electron chi connectivity index (χ3n) is 3.22. The van der Waals surface area contributed by atoms with Crippen LogP contribution >= 0.6 is 11.3 Å². The maximum absolute atomic E-state index is 12.4. The monoisotopic (exact) mass is 267 g/mol. The minimum atomic E-state index is -1.35. The van der Waals surface area contributed by atoms with Crippen LogP contribution in [0.25, 0.3) is 0 Å². The van der Waals surface area contributed by atoms with Gasteiger partial charge in [0.15, 0.2) is 0 Å². The molecule has 1 amide bonds. The van der Waals surface area contributed by atoms with E-state index in [9.17, 15) is 9.59 Å². The number of nitrogens with zero attached hydrogens (tertiary/aromatic N) is 1. The van der Waals surface area contributed by atoms with Crippen LogP contribution in [0.3, 0.4) is 0 Å². The molecule has 0 saturated heterocycles. The van der Waals surface area contributed by atoms with Gasteiger partial charge in [-0.05, 0) is 38.1 Å². The van der Waals surface area contributed by atoms with Crippen molar-refractivity contribution in [3.8, 4) is 0 Å². The van der Waals surface area contributed by atoms with Gasteiger partial charge >= 0.3 is 5.97 Å². The van der Waals surface area contributed by atoms with Crippen molar-refractivity contribution < 1.29 is 14.7 Å². The van der Waals surface area contributed by atoms with Crippen LogP contribution in [-0.2, 0) is 16.1 Å². The first kappa shape index (κ1) is 13.1. The molecular formula is C13H17NO3S. The van der Waals surface area contributed by atoms with E-state index in [4.69, 9.17) is 5.11 Å². The van der Waals surface area contributed by atoms with Gasteiger partial charge in [0.1, 0.15) is 5.41 Å². The number of carboxylic acid groups (broad SMARTS) is 1. The van der Waals surface area contributed by atoms with E-state index in [2.05, 4.69) is 0 Å². The highest BCUT2D eigenvalue weighted by atomic mass is 32.1. The predicted molar refractivity (Wildman–Crippen MR) is 69.3 cm³/mol. The summed E-state index contributed by atoms with van der Waals surface area (Å²) < 4.78 is 0. The van der Waals surface area contributed by atoms with E-state index in [-0.39, 0.29) is 11.9 Å². The van der Waals surface area contributed by atoms with Gasteiger partial charge in [0.2, 0.25) is 5.91 Å². The summed E-state index contributed by atoms with van der Waals surface area (Å²) in [6.45, 7) is 3.47. The van der Waals surface area contributed by atoms with E-state index >= 15 is 0 Å². The van der Waals surface area contributed by atoms with E-state index in [1.165, 1.54) is 13.8 Å². The highest BCUT2D eigenvalue weighted by Crippen LogP contribution is 2.33. The summed E-state index contributed by atoms with van der Waals surface area (Å²) in [5.74, 6) is -1.35. The number of aliphatic carboxylic acids is 1. The molecule has 0 radical (unpaired) electrons. The van der Waals surface area contributed by atoms with Crippen molar-refractivity contribution in [1.82, 2.24) is 4.90 Å². The van der Waals surface area contributed by atoms with Gasteiger partial charge in [-0.1, -0.05) is 6.07 Å². The molecule has 0 spiro atoms. The van der Waals surface area contributed by atoms with E-state index in [1.54, 1.807) is 16.2 Å². The van der Waals surface area contributed by atoms with Gasteiger partial charge in [0, 0.05) is 10.9 Å². The minimum Gasteiger partial charge on any atom is -0.480 e. The van der Waals surface area contributed by atoms with Crippen LogP contribution in [0.2, 0.25) is 0 Å². The van der Waals surface area contributed by atoms with Crippen molar-refractivity contribution in [2.45, 2.75) is 39.3 Å². The number of carboxylic acids is 1. The second-order valence-electron chi connectivity index (χ2n) is 5.17. The molecule has 1 aromatic rings. The minimum absolute atomic E-state index is 0.221. The molecule has 1 aliphatic carbocycles. The Morgan fingerprint density at radius 1 is 1.50 bits per heavy atom. The Hall–Kier alpha value is -1.36. The summed E-state index contributed by atoms with van der Waals surface area (Å²) in [5.41, 5.74) is -1.35. The molecule has 1 aliphatic rings. The molecule has 1 N–H and O–H groups in total. The molecule has 98 valence electrons. The van der Waals surface area contributed by atoms with Gasteiger partial charge in [-0.25, -0.2) is 0 Å². The van der Waals surface area contributed by atoms with Gasteiger partial charge in [-0.3, -0.25) is 9.59 Å². The van der Waals surface area contributed by atoms with Crippen LogP contribution in [0, 0.1) is 5.41 Å². The third kappa shape index (κ3) is 2.56. The lowest BCUT2D eigenvalue weighted by Crippen LogP contribution is -2.45. The molecule has 18 heavy (non-hydrogen) atoms. The summed E-state index contributed by atoms with van der Waals surface area (Å²) in [4.78, 5) is 26.3. The molecule has 1 heterocycles. The van der Waals surface area contributed by atoms with Crippen molar-refractivity contribution in [2.75, 3.05) is 0 Å². The topological polar surface area (TPSA) is 57.6 Å². The third-order valence-corrected chi connectivity index (χ3v) is 4.09. The van der Waals surface area contributed by atoms with Crippen LogP contribution in [0.5, 0.6) is 0 Å². The molecule has 0 atom stereocenters. The summed E-state index contributed by atoms with van der Waals surface area (Å²) in [6, 6.07) is 4.14. The second-order valence-corrected chi connectivity index (χ2v) is 6.21. The normalized spacial score (nSPS) is 15.4. The van der Waals surface area contributed by atoms with Gasteiger partial charge in [0.25, 0.3) is 0 Å². The smallest absolute Gasteiger partial charge is 0.318 e. The Morgan fingerprint density at radius 3 is 2.61 bits per heavy atom. The van der Waals surface area contributed by atoms with E-state index < -0.39 is 11.4 Å². The van der Waals surface area contributed by atoms with E-state index in [0.717, 1.165) is 17.7 Å². The van der Waals surface area contributed by atoms with Crippen molar-refractivity contribution >= 4 is 23.2 Å². The number of thiophene rings is 1. The Kier molecular flexibility index (Phi) is 3.43. The number of amides is 1. The van der Waals surface area contributed by atoms with Gasteiger partial charge in [-0.15, -0.1) is 11.3 Å². The Labute approximate surface area is 110 Å². The Balaban J connectivity index is 2.15. The molecule has 0 aliphatic heterocycles. The van der Waals surface area contributed by atoms with Crippen LogP contribution in [-0.4, -0.2) is 27.9 Å². The van der Waals surface area contributed by atoms with Gasteiger partial charge in [0.05, 0.1) is 6.54 Å². The summed E-state index contributed by atoms with van der Waals surface area (Å²) in [7, 11) is 0. The lowest BCUT2D eigenvalue weighted by Gasteiger charge is -2.29. The summed E-state index contributed by atoms with van der Waals surface area (Å²) in [5, 5.41) is 11.1. The Morgan fingerprint density at radius 2 is 2.17 bits per heavy atom. The summed E-state index contributed by atoms with van der Waals surface area (Å²) in [6.07, 6.45) is 1.96. The zero-order valence-corrected chi connectivity index (χ0v) is 11.4. The van der Waals surface area contributed by atoms with Crippen molar-refractivity contribution in [3.05, 3.63) is 22.4 Å². The molecule has 5 heteroatoms. The molecule has 4 nitrogen and oxygen atoms in total. The number of hydrogen-bond acceptors (Lipinski definition) is 3. The zero-order chi connectivity index (χ0) is 13.3. The first-order chi connectivity index (χ1) is 8.43. The maximum Gasteiger partial charge on any atom is 0.318 e. The Bertz CT molecular complexity index is 449. The highest BCUT2D eigenvalue weighted by molar-refractivity contribution is 7.09. The van der Waals surface area contributed by atoms with E-state index in [1.807, 2.05) is 17.5 Å². The highest BCUT2D eigenvalue weighted by Gasteiger charge is 2.44. The largest absolute Gasteiger partial charge is 0.480 e. The number of hydrogen-bond donors (Lipinski definition) is 1. The molecule has 2 rings (SSSR count). The van der Waals surface area contributed by atoms with Crippen LogP contribution in [0.4, 0.5) is 0 Å². The number of rotatable bonds is 5. The fraction of sp³-hybridized carbons (Fsp3) is 0.538. The average Bonchev–Trinajstić information content (AvgIpc) is 3.02. The van der Waals surface area contributed by atoms with Crippen LogP contribution in [0.1, 0.15) is 31.6 Å². The SMILES string of the molecule is CC(C)(C(=O)O)C(=O)N(Cc1cccs1)C1CC1. The van der Waals surface area contributed by atoms with Crippen LogP contribution in [0.15, 0.2) is 17.5 Å². The molecule has 1 aromatic heterocycles. The lowest BCUT2D eigenvalue weighted by atomic mass is 9.91. The summed E-state index contributed by atoms with van der Waals surface area (Å²) >= 11 is 1.59. The van der Waals surface area contributed by atoms with Gasteiger partial charge < -0.3 is 10.0 Å². The molecule has 1 fully saturated rings. The maximum atomic E-state index is 12.4.